The van der Waals surface area contributed by atoms with Crippen LogP contribution in [0.4, 0.5) is 0 Å². The third-order valence-electron chi connectivity index (χ3n) is 3.70. The van der Waals surface area contributed by atoms with Crippen molar-refractivity contribution in [3.63, 3.8) is 0 Å². The molecule has 0 fully saturated rings. The molecule has 0 N–H and O–H groups in total. The van der Waals surface area contributed by atoms with Gasteiger partial charge in [-0.3, -0.25) is 9.78 Å². The maximum Gasteiger partial charge on any atom is 0.221 e. The molecule has 0 spiro atoms. The first-order valence-electron chi connectivity index (χ1n) is 7.77. The van der Waals surface area contributed by atoms with E-state index in [-0.39, 0.29) is 12.4 Å². The van der Waals surface area contributed by atoms with Crippen LogP contribution in [0.1, 0.15) is 33.3 Å². The molecule has 0 amide bonds. The number of rotatable bonds is 6. The van der Waals surface area contributed by atoms with Gasteiger partial charge in [0.2, 0.25) is 5.78 Å². The molecule has 0 saturated heterocycles. The van der Waals surface area contributed by atoms with E-state index in [0.29, 0.717) is 22.6 Å². The van der Waals surface area contributed by atoms with Crippen LogP contribution in [0.2, 0.25) is 0 Å². The number of ether oxygens (including phenoxy) is 1. The van der Waals surface area contributed by atoms with E-state index in [0.717, 1.165) is 0 Å². The van der Waals surface area contributed by atoms with Crippen molar-refractivity contribution in [2.75, 3.05) is 0 Å². The summed E-state index contributed by atoms with van der Waals surface area (Å²) in [7, 11) is 0. The number of pyridine rings is 1. The molecule has 0 bridgehead atoms. The Bertz CT molecular complexity index is 997. The standard InChI is InChI=1S/C20H13N3O3/c21-11-14-4-3-5-16(10-14)26-13-15-7-9-25-20(15)19(24)17(12-22)18-6-1-2-8-23-18/h1-10,17H,13H2/t17-/m0/s1. The molecular formula is C20H13N3O3. The summed E-state index contributed by atoms with van der Waals surface area (Å²) in [4.78, 5) is 16.8. The second-order valence-corrected chi connectivity index (χ2v) is 5.38. The van der Waals surface area contributed by atoms with Crippen LogP contribution in [0.3, 0.4) is 0 Å². The first-order valence-corrected chi connectivity index (χ1v) is 7.77. The average Bonchev–Trinajstić information content (AvgIpc) is 3.16. The van der Waals surface area contributed by atoms with Crippen molar-refractivity contribution >= 4 is 5.78 Å². The lowest BCUT2D eigenvalue weighted by Gasteiger charge is -2.09. The highest BCUT2D eigenvalue weighted by Crippen LogP contribution is 2.23. The van der Waals surface area contributed by atoms with Crippen LogP contribution < -0.4 is 4.74 Å². The number of hydrogen-bond acceptors (Lipinski definition) is 6. The van der Waals surface area contributed by atoms with Crippen LogP contribution >= 0.6 is 0 Å². The van der Waals surface area contributed by atoms with Crippen molar-refractivity contribution in [1.82, 2.24) is 4.98 Å². The molecule has 26 heavy (non-hydrogen) atoms. The monoisotopic (exact) mass is 343 g/mol. The Morgan fingerprint density at radius 3 is 2.81 bits per heavy atom. The van der Waals surface area contributed by atoms with Crippen LogP contribution in [-0.4, -0.2) is 10.8 Å². The molecule has 6 heteroatoms. The lowest BCUT2D eigenvalue weighted by molar-refractivity contribution is 0.0947. The Morgan fingerprint density at radius 2 is 2.08 bits per heavy atom. The van der Waals surface area contributed by atoms with Gasteiger partial charge in [0, 0.05) is 11.8 Å². The van der Waals surface area contributed by atoms with Gasteiger partial charge in [0.15, 0.2) is 11.7 Å². The van der Waals surface area contributed by atoms with Gasteiger partial charge in [0.05, 0.1) is 29.7 Å². The van der Waals surface area contributed by atoms with Crippen LogP contribution in [0.5, 0.6) is 5.75 Å². The van der Waals surface area contributed by atoms with E-state index in [2.05, 4.69) is 4.98 Å². The van der Waals surface area contributed by atoms with E-state index >= 15 is 0 Å². The minimum atomic E-state index is -1.05. The number of carbonyl (C=O) groups excluding carboxylic acids is 1. The van der Waals surface area contributed by atoms with Gasteiger partial charge in [-0.15, -0.1) is 0 Å². The number of aromatic nitrogens is 1. The van der Waals surface area contributed by atoms with E-state index < -0.39 is 11.7 Å². The summed E-state index contributed by atoms with van der Waals surface area (Å²) in [6.45, 7) is 0.0762. The number of nitriles is 2. The molecule has 0 radical (unpaired) electrons. The van der Waals surface area contributed by atoms with E-state index in [9.17, 15) is 10.1 Å². The topological polar surface area (TPSA) is 99.9 Å². The Morgan fingerprint density at radius 1 is 1.19 bits per heavy atom. The minimum absolute atomic E-state index is 0.0682. The number of hydrogen-bond donors (Lipinski definition) is 0. The minimum Gasteiger partial charge on any atom is -0.489 e. The summed E-state index contributed by atoms with van der Waals surface area (Å²) in [6, 6.07) is 17.4. The highest BCUT2D eigenvalue weighted by Gasteiger charge is 2.27. The summed E-state index contributed by atoms with van der Waals surface area (Å²) >= 11 is 0. The highest BCUT2D eigenvalue weighted by atomic mass is 16.5. The zero-order valence-electron chi connectivity index (χ0n) is 13.6. The van der Waals surface area contributed by atoms with Gasteiger partial charge in [-0.25, -0.2) is 0 Å². The number of benzene rings is 1. The molecule has 2 aromatic heterocycles. The van der Waals surface area contributed by atoms with E-state index in [4.69, 9.17) is 14.4 Å². The average molecular weight is 343 g/mol. The third kappa shape index (κ3) is 3.61. The fourth-order valence-corrected chi connectivity index (χ4v) is 2.42. The predicted octanol–water partition coefficient (Wildman–Crippen LogP) is 3.62. The summed E-state index contributed by atoms with van der Waals surface area (Å²) in [6.07, 6.45) is 2.91. The molecule has 0 aliphatic carbocycles. The first kappa shape index (κ1) is 16.9. The van der Waals surface area contributed by atoms with Crippen LogP contribution in [0.15, 0.2) is 65.4 Å². The lowest BCUT2D eigenvalue weighted by Crippen LogP contribution is -2.14. The molecule has 126 valence electrons. The maximum absolute atomic E-state index is 12.7. The fraction of sp³-hybridized carbons (Fsp3) is 0.100. The molecular weight excluding hydrogens is 330 g/mol. The van der Waals surface area contributed by atoms with Gasteiger partial charge in [-0.1, -0.05) is 12.1 Å². The Kier molecular flexibility index (Phi) is 5.07. The van der Waals surface area contributed by atoms with E-state index in [1.807, 2.05) is 12.1 Å². The molecule has 0 unspecified atom stereocenters. The van der Waals surface area contributed by atoms with Gasteiger partial charge >= 0.3 is 0 Å². The second kappa shape index (κ2) is 7.78. The van der Waals surface area contributed by atoms with Crippen molar-refractivity contribution in [2.45, 2.75) is 12.5 Å². The summed E-state index contributed by atoms with van der Waals surface area (Å²) in [5.74, 6) is -0.951. The molecule has 0 aliphatic rings. The molecule has 1 atom stereocenters. The summed E-state index contributed by atoms with van der Waals surface area (Å²) in [5, 5.41) is 18.3. The highest BCUT2D eigenvalue weighted by molar-refractivity contribution is 6.01. The first-order chi connectivity index (χ1) is 12.7. The van der Waals surface area contributed by atoms with Crippen molar-refractivity contribution in [3.8, 4) is 17.9 Å². The number of ketones is 1. The van der Waals surface area contributed by atoms with Gasteiger partial charge in [-0.2, -0.15) is 10.5 Å². The molecule has 1 aromatic carbocycles. The van der Waals surface area contributed by atoms with Crippen LogP contribution in [0.25, 0.3) is 0 Å². The van der Waals surface area contributed by atoms with Crippen molar-refractivity contribution in [3.05, 3.63) is 83.6 Å². The lowest BCUT2D eigenvalue weighted by atomic mass is 9.97. The van der Waals surface area contributed by atoms with Crippen LogP contribution in [0, 0.1) is 22.7 Å². The number of furan rings is 1. The summed E-state index contributed by atoms with van der Waals surface area (Å²) < 4.78 is 10.9. The molecule has 0 aliphatic heterocycles. The fourth-order valence-electron chi connectivity index (χ4n) is 2.42. The quantitative estimate of drug-likeness (QED) is 0.634. The Balaban J connectivity index is 1.78. The van der Waals surface area contributed by atoms with Gasteiger partial charge in [0.1, 0.15) is 12.4 Å². The van der Waals surface area contributed by atoms with Crippen molar-refractivity contribution in [2.24, 2.45) is 0 Å². The number of Topliss-reactive ketones (excluding diaryl/α,β-unsaturated/α-hetero) is 1. The van der Waals surface area contributed by atoms with Gasteiger partial charge < -0.3 is 9.15 Å². The van der Waals surface area contributed by atoms with Crippen molar-refractivity contribution < 1.29 is 13.9 Å². The van der Waals surface area contributed by atoms with E-state index in [1.54, 1.807) is 48.5 Å². The van der Waals surface area contributed by atoms with Gasteiger partial charge in [0.25, 0.3) is 0 Å². The molecule has 3 rings (SSSR count). The third-order valence-corrected chi connectivity index (χ3v) is 3.70. The largest absolute Gasteiger partial charge is 0.489 e. The smallest absolute Gasteiger partial charge is 0.221 e. The predicted molar refractivity (Wildman–Crippen MR) is 91.1 cm³/mol. The van der Waals surface area contributed by atoms with E-state index in [1.165, 1.54) is 12.5 Å². The second-order valence-electron chi connectivity index (χ2n) is 5.38. The van der Waals surface area contributed by atoms with Crippen molar-refractivity contribution in [1.29, 1.82) is 10.5 Å². The molecule has 0 saturated carbocycles. The number of nitrogens with zero attached hydrogens (tertiary/aromatic N) is 3. The molecule has 6 nitrogen and oxygen atoms in total. The zero-order valence-corrected chi connectivity index (χ0v) is 13.6. The summed E-state index contributed by atoms with van der Waals surface area (Å²) in [5.41, 5.74) is 1.37. The number of carbonyl (C=O) groups is 1. The molecule has 3 aromatic rings. The normalized spacial score (nSPS) is 11.2. The zero-order chi connectivity index (χ0) is 18.4. The Labute approximate surface area is 149 Å². The molecule has 2 heterocycles. The maximum atomic E-state index is 12.7. The van der Waals surface area contributed by atoms with Gasteiger partial charge in [-0.05, 0) is 36.4 Å². The Hall–Kier alpha value is -3.90. The van der Waals surface area contributed by atoms with Crippen LogP contribution in [-0.2, 0) is 6.61 Å². The SMILES string of the molecule is N#Cc1cccc(OCc2ccoc2C(=O)[C@@H](C#N)c2ccccn2)c1.